The second-order valence-corrected chi connectivity index (χ2v) is 8.09. The summed E-state index contributed by atoms with van der Waals surface area (Å²) in [5, 5.41) is 9.41. The van der Waals surface area contributed by atoms with Crippen LogP contribution in [0.4, 0.5) is 14.9 Å². The maximum absolute atomic E-state index is 14.1. The quantitative estimate of drug-likeness (QED) is 0.507. The second kappa shape index (κ2) is 11.1. The van der Waals surface area contributed by atoms with Gasteiger partial charge < -0.3 is 9.47 Å². The Morgan fingerprint density at radius 1 is 1.16 bits per heavy atom. The topological polar surface area (TPSA) is 93.3 Å². The molecule has 0 aliphatic carbocycles. The number of anilines is 1. The average molecular weight is 442 g/mol. The van der Waals surface area contributed by atoms with Crippen LogP contribution in [0.15, 0.2) is 48.5 Å². The van der Waals surface area contributed by atoms with Crippen molar-refractivity contribution < 1.29 is 23.5 Å². The molecule has 0 spiro atoms. The van der Waals surface area contributed by atoms with Crippen molar-refractivity contribution in [1.29, 1.82) is 0 Å². The highest BCUT2D eigenvalue weighted by Crippen LogP contribution is 2.28. The van der Waals surface area contributed by atoms with Gasteiger partial charge in [0.1, 0.15) is 18.0 Å². The number of ether oxygens (including phenoxy) is 2. The molecular weight excluding hydrogens is 413 g/mol. The van der Waals surface area contributed by atoms with Crippen LogP contribution in [-0.4, -0.2) is 28.4 Å². The SMILES string of the molecule is Cc1cc(-c2cc(NC(=O)OC(C)(C)C)c(C)cc2F)[nH]n1.O=COCc1ccccc1. The fourth-order valence-corrected chi connectivity index (χ4v) is 2.69. The smallest absolute Gasteiger partial charge is 0.412 e. The summed E-state index contributed by atoms with van der Waals surface area (Å²) in [4.78, 5) is 21.6. The number of hydrogen-bond donors (Lipinski definition) is 2. The number of H-pyrrole nitrogens is 1. The number of amides is 1. The molecule has 3 aromatic rings. The van der Waals surface area contributed by atoms with Gasteiger partial charge in [-0.2, -0.15) is 5.10 Å². The van der Waals surface area contributed by atoms with Gasteiger partial charge in [0.05, 0.1) is 11.4 Å². The van der Waals surface area contributed by atoms with Crippen molar-refractivity contribution in [3.05, 3.63) is 71.2 Å². The number of aromatic nitrogens is 2. The van der Waals surface area contributed by atoms with Crippen molar-refractivity contribution >= 4 is 18.3 Å². The third-order valence-corrected chi connectivity index (χ3v) is 4.11. The molecule has 1 heterocycles. The van der Waals surface area contributed by atoms with Crippen LogP contribution in [0.1, 0.15) is 37.6 Å². The third-order valence-electron chi connectivity index (χ3n) is 4.11. The van der Waals surface area contributed by atoms with Crippen molar-refractivity contribution in [3.63, 3.8) is 0 Å². The van der Waals surface area contributed by atoms with E-state index in [0.29, 0.717) is 35.6 Å². The first kappa shape index (κ1) is 24.6. The van der Waals surface area contributed by atoms with Crippen LogP contribution in [0.2, 0.25) is 0 Å². The Hall–Kier alpha value is -3.68. The van der Waals surface area contributed by atoms with E-state index in [2.05, 4.69) is 20.3 Å². The average Bonchev–Trinajstić information content (AvgIpc) is 3.14. The zero-order valence-corrected chi connectivity index (χ0v) is 18.9. The molecule has 0 fully saturated rings. The highest BCUT2D eigenvalue weighted by Gasteiger charge is 2.18. The second-order valence-electron chi connectivity index (χ2n) is 8.09. The molecule has 2 aromatic carbocycles. The molecule has 0 saturated carbocycles. The lowest BCUT2D eigenvalue weighted by atomic mass is 10.1. The Morgan fingerprint density at radius 3 is 2.41 bits per heavy atom. The van der Waals surface area contributed by atoms with Gasteiger partial charge in [-0.3, -0.25) is 15.2 Å². The molecule has 7 nitrogen and oxygen atoms in total. The highest BCUT2D eigenvalue weighted by molar-refractivity contribution is 5.87. The molecule has 170 valence electrons. The Labute approximate surface area is 186 Å². The molecule has 2 N–H and O–H groups in total. The fourth-order valence-electron chi connectivity index (χ4n) is 2.69. The Bertz CT molecular complexity index is 1040. The van der Waals surface area contributed by atoms with E-state index in [4.69, 9.17) is 4.74 Å². The molecule has 3 rings (SSSR count). The van der Waals surface area contributed by atoms with E-state index in [1.54, 1.807) is 39.8 Å². The Kier molecular flexibility index (Phi) is 8.52. The van der Waals surface area contributed by atoms with Crippen LogP contribution in [0, 0.1) is 19.7 Å². The van der Waals surface area contributed by atoms with E-state index in [-0.39, 0.29) is 5.82 Å². The van der Waals surface area contributed by atoms with E-state index < -0.39 is 11.7 Å². The summed E-state index contributed by atoms with van der Waals surface area (Å²) in [5.74, 6) is -0.379. The number of nitrogens with zero attached hydrogens (tertiary/aromatic N) is 1. The van der Waals surface area contributed by atoms with Gasteiger partial charge in [-0.05, 0) is 63.9 Å². The number of rotatable bonds is 5. The zero-order chi connectivity index (χ0) is 23.7. The summed E-state index contributed by atoms with van der Waals surface area (Å²) in [6.07, 6.45) is -0.575. The monoisotopic (exact) mass is 441 g/mol. The first-order chi connectivity index (χ1) is 15.1. The summed E-state index contributed by atoms with van der Waals surface area (Å²) >= 11 is 0. The number of carbonyl (C=O) groups is 2. The fraction of sp³-hybridized carbons (Fsp3) is 0.292. The molecule has 0 atom stereocenters. The minimum atomic E-state index is -0.596. The van der Waals surface area contributed by atoms with Gasteiger partial charge in [-0.15, -0.1) is 0 Å². The molecular formula is C24H28FN3O4. The molecule has 8 heteroatoms. The summed E-state index contributed by atoms with van der Waals surface area (Å²) in [7, 11) is 0. The van der Waals surface area contributed by atoms with Gasteiger partial charge >= 0.3 is 6.09 Å². The molecule has 32 heavy (non-hydrogen) atoms. The summed E-state index contributed by atoms with van der Waals surface area (Å²) < 4.78 is 23.9. The molecule has 0 aliphatic heterocycles. The molecule has 0 saturated heterocycles. The predicted molar refractivity (Wildman–Crippen MR) is 121 cm³/mol. The van der Waals surface area contributed by atoms with Crippen LogP contribution in [0.25, 0.3) is 11.3 Å². The van der Waals surface area contributed by atoms with Gasteiger partial charge in [0, 0.05) is 11.3 Å². The largest absolute Gasteiger partial charge is 0.463 e. The van der Waals surface area contributed by atoms with Crippen LogP contribution in [0.3, 0.4) is 0 Å². The third kappa shape index (κ3) is 7.86. The highest BCUT2D eigenvalue weighted by atomic mass is 19.1. The summed E-state index contributed by atoms with van der Waals surface area (Å²) in [6.45, 7) is 9.69. The van der Waals surface area contributed by atoms with Crippen molar-refractivity contribution in [3.8, 4) is 11.3 Å². The van der Waals surface area contributed by atoms with E-state index in [1.165, 1.54) is 6.07 Å². The predicted octanol–water partition coefficient (Wildman–Crippen LogP) is 5.54. The minimum Gasteiger partial charge on any atom is -0.463 e. The number of nitrogens with one attached hydrogen (secondary N) is 2. The van der Waals surface area contributed by atoms with Crippen LogP contribution < -0.4 is 5.32 Å². The molecule has 0 radical (unpaired) electrons. The van der Waals surface area contributed by atoms with Crippen molar-refractivity contribution in [1.82, 2.24) is 10.2 Å². The maximum atomic E-state index is 14.1. The first-order valence-electron chi connectivity index (χ1n) is 10.0. The normalized spacial score (nSPS) is 10.6. The number of carbonyl (C=O) groups excluding carboxylic acids is 2. The summed E-state index contributed by atoms with van der Waals surface area (Å²) in [5.41, 5.74) is 3.19. The van der Waals surface area contributed by atoms with Crippen LogP contribution >= 0.6 is 0 Å². The lowest BCUT2D eigenvalue weighted by Gasteiger charge is -2.20. The lowest BCUT2D eigenvalue weighted by Crippen LogP contribution is -2.27. The lowest BCUT2D eigenvalue weighted by molar-refractivity contribution is -0.129. The number of aromatic amines is 1. The Balaban J connectivity index is 0.000000303. The molecule has 1 aromatic heterocycles. The number of halogens is 1. The number of aryl methyl sites for hydroxylation is 2. The van der Waals surface area contributed by atoms with Gasteiger partial charge in [-0.1, -0.05) is 30.3 Å². The molecule has 0 bridgehead atoms. The maximum Gasteiger partial charge on any atom is 0.412 e. The molecule has 0 aliphatic rings. The van der Waals surface area contributed by atoms with Crippen molar-refractivity contribution in [2.45, 2.75) is 46.8 Å². The van der Waals surface area contributed by atoms with Gasteiger partial charge in [0.15, 0.2) is 0 Å². The van der Waals surface area contributed by atoms with E-state index in [1.807, 2.05) is 37.3 Å². The van der Waals surface area contributed by atoms with Crippen LogP contribution in [0.5, 0.6) is 0 Å². The van der Waals surface area contributed by atoms with Crippen LogP contribution in [-0.2, 0) is 20.9 Å². The van der Waals surface area contributed by atoms with E-state index >= 15 is 0 Å². The van der Waals surface area contributed by atoms with E-state index in [0.717, 1.165) is 11.3 Å². The molecule has 1 amide bonds. The first-order valence-corrected chi connectivity index (χ1v) is 10.0. The molecule has 0 unspecified atom stereocenters. The van der Waals surface area contributed by atoms with E-state index in [9.17, 15) is 14.0 Å². The number of hydrogen-bond acceptors (Lipinski definition) is 5. The van der Waals surface area contributed by atoms with Crippen molar-refractivity contribution in [2.24, 2.45) is 0 Å². The number of benzene rings is 2. The Morgan fingerprint density at radius 2 is 1.84 bits per heavy atom. The van der Waals surface area contributed by atoms with Gasteiger partial charge in [-0.25, -0.2) is 9.18 Å². The van der Waals surface area contributed by atoms with Gasteiger partial charge in [0.25, 0.3) is 6.47 Å². The van der Waals surface area contributed by atoms with Crippen molar-refractivity contribution in [2.75, 3.05) is 5.32 Å². The zero-order valence-electron chi connectivity index (χ0n) is 18.9. The van der Waals surface area contributed by atoms with Gasteiger partial charge in [0.2, 0.25) is 0 Å². The summed E-state index contributed by atoms with van der Waals surface area (Å²) in [6, 6.07) is 14.2. The minimum absolute atomic E-state index is 0.345. The standard InChI is InChI=1S/C16H20FN3O2.C8H8O2/c1-9-6-12(17)11(14-7-10(2)19-20-14)8-13(9)18-15(21)22-16(3,4)5;9-7-10-6-8-4-2-1-3-5-8/h6-8H,1-5H3,(H,18,21)(H,19,20);1-5,7H,6H2.